The number of primary sulfonamides is 1. The Kier molecular flexibility index (Phi) is 4.04. The van der Waals surface area contributed by atoms with Gasteiger partial charge in [-0.05, 0) is 36.8 Å². The van der Waals surface area contributed by atoms with E-state index in [1.165, 1.54) is 12.1 Å². The van der Waals surface area contributed by atoms with Gasteiger partial charge in [-0.3, -0.25) is 9.20 Å². The Morgan fingerprint density at radius 2 is 1.92 bits per heavy atom. The van der Waals surface area contributed by atoms with E-state index in [9.17, 15) is 13.2 Å². The third-order valence-corrected chi connectivity index (χ3v) is 4.48. The molecule has 0 spiro atoms. The van der Waals surface area contributed by atoms with Crippen LogP contribution in [0.5, 0.6) is 0 Å². The molecule has 0 aliphatic carbocycles. The van der Waals surface area contributed by atoms with Crippen LogP contribution in [0.1, 0.15) is 21.7 Å². The van der Waals surface area contributed by atoms with E-state index in [1.807, 2.05) is 6.92 Å². The molecule has 2 aromatic heterocycles. The molecule has 0 saturated carbocycles. The standard InChI is InChI=1S/C15H15N5O3S/c1-10-18-19-14-8-12(6-7-20(10)14)15(21)17-9-11-2-4-13(5-3-11)24(16,22)23/h2-8H,9H2,1H3,(H,17,21)(H2,16,22,23). The Labute approximate surface area is 138 Å². The van der Waals surface area contributed by atoms with Crippen molar-refractivity contribution in [1.82, 2.24) is 19.9 Å². The molecule has 0 unspecified atom stereocenters. The molecule has 9 heteroatoms. The van der Waals surface area contributed by atoms with E-state index in [1.54, 1.807) is 34.9 Å². The van der Waals surface area contributed by atoms with Crippen molar-refractivity contribution in [2.75, 3.05) is 0 Å². The molecule has 0 aliphatic rings. The van der Waals surface area contributed by atoms with Crippen LogP contribution in [0.4, 0.5) is 0 Å². The molecule has 0 bridgehead atoms. The molecule has 3 N–H and O–H groups in total. The van der Waals surface area contributed by atoms with Crippen LogP contribution in [-0.2, 0) is 16.6 Å². The summed E-state index contributed by atoms with van der Waals surface area (Å²) < 4.78 is 24.2. The van der Waals surface area contributed by atoms with Crippen LogP contribution in [0.25, 0.3) is 5.65 Å². The van der Waals surface area contributed by atoms with Gasteiger partial charge in [-0.25, -0.2) is 13.6 Å². The zero-order valence-corrected chi connectivity index (χ0v) is 13.6. The van der Waals surface area contributed by atoms with Gasteiger partial charge >= 0.3 is 0 Å². The summed E-state index contributed by atoms with van der Waals surface area (Å²) in [7, 11) is -3.72. The van der Waals surface area contributed by atoms with E-state index >= 15 is 0 Å². The predicted molar refractivity (Wildman–Crippen MR) is 86.7 cm³/mol. The van der Waals surface area contributed by atoms with Crippen molar-refractivity contribution in [3.05, 3.63) is 59.5 Å². The van der Waals surface area contributed by atoms with Crippen molar-refractivity contribution in [2.45, 2.75) is 18.4 Å². The smallest absolute Gasteiger partial charge is 0.251 e. The van der Waals surface area contributed by atoms with Crippen molar-refractivity contribution in [3.8, 4) is 0 Å². The number of sulfonamides is 1. The highest BCUT2D eigenvalue weighted by atomic mass is 32.2. The average molecular weight is 345 g/mol. The fourth-order valence-electron chi connectivity index (χ4n) is 2.23. The van der Waals surface area contributed by atoms with Crippen LogP contribution < -0.4 is 10.5 Å². The van der Waals surface area contributed by atoms with Gasteiger partial charge in [0.05, 0.1) is 4.90 Å². The first-order chi connectivity index (χ1) is 11.3. The summed E-state index contributed by atoms with van der Waals surface area (Å²) in [6.07, 6.45) is 1.74. The minimum atomic E-state index is -3.72. The second kappa shape index (κ2) is 6.02. The monoisotopic (exact) mass is 345 g/mol. The van der Waals surface area contributed by atoms with Crippen LogP contribution in [0.3, 0.4) is 0 Å². The number of aryl methyl sites for hydroxylation is 1. The van der Waals surface area contributed by atoms with Gasteiger partial charge in [-0.2, -0.15) is 0 Å². The molecular weight excluding hydrogens is 330 g/mol. The highest BCUT2D eigenvalue weighted by Crippen LogP contribution is 2.10. The van der Waals surface area contributed by atoms with E-state index in [2.05, 4.69) is 15.5 Å². The molecule has 1 amide bonds. The van der Waals surface area contributed by atoms with E-state index in [0.29, 0.717) is 11.2 Å². The molecule has 124 valence electrons. The number of hydrogen-bond donors (Lipinski definition) is 2. The van der Waals surface area contributed by atoms with Crippen molar-refractivity contribution in [1.29, 1.82) is 0 Å². The molecule has 24 heavy (non-hydrogen) atoms. The molecule has 8 nitrogen and oxygen atoms in total. The number of aromatic nitrogens is 3. The SMILES string of the molecule is Cc1nnc2cc(C(=O)NCc3ccc(S(N)(=O)=O)cc3)ccn12. The number of amides is 1. The van der Waals surface area contributed by atoms with Crippen LogP contribution in [0.15, 0.2) is 47.5 Å². The Hall–Kier alpha value is -2.78. The molecule has 0 aliphatic heterocycles. The number of fused-ring (bicyclic) bond motifs is 1. The normalized spacial score (nSPS) is 11.6. The number of rotatable bonds is 4. The molecular formula is C15H15N5O3S. The summed E-state index contributed by atoms with van der Waals surface area (Å²) in [6, 6.07) is 9.35. The van der Waals surface area contributed by atoms with E-state index in [4.69, 9.17) is 5.14 Å². The Morgan fingerprint density at radius 3 is 2.58 bits per heavy atom. The number of pyridine rings is 1. The number of benzene rings is 1. The summed E-state index contributed by atoms with van der Waals surface area (Å²) in [5, 5.41) is 15.7. The minimum absolute atomic E-state index is 0.0326. The van der Waals surface area contributed by atoms with Gasteiger partial charge in [0.25, 0.3) is 5.91 Å². The number of carbonyl (C=O) groups is 1. The molecule has 2 heterocycles. The third-order valence-electron chi connectivity index (χ3n) is 3.55. The topological polar surface area (TPSA) is 119 Å². The highest BCUT2D eigenvalue weighted by Gasteiger charge is 2.10. The number of nitrogens with one attached hydrogen (secondary N) is 1. The second-order valence-corrected chi connectivity index (χ2v) is 6.82. The fraction of sp³-hybridized carbons (Fsp3) is 0.133. The molecule has 0 saturated heterocycles. The third kappa shape index (κ3) is 3.26. The Morgan fingerprint density at radius 1 is 1.21 bits per heavy atom. The lowest BCUT2D eigenvalue weighted by molar-refractivity contribution is 0.0951. The van der Waals surface area contributed by atoms with Crippen molar-refractivity contribution in [2.24, 2.45) is 5.14 Å². The molecule has 0 radical (unpaired) electrons. The molecule has 3 aromatic rings. The maximum absolute atomic E-state index is 12.2. The highest BCUT2D eigenvalue weighted by molar-refractivity contribution is 7.89. The minimum Gasteiger partial charge on any atom is -0.348 e. The lowest BCUT2D eigenvalue weighted by Crippen LogP contribution is -2.23. The molecule has 0 atom stereocenters. The lowest BCUT2D eigenvalue weighted by Gasteiger charge is -2.06. The van der Waals surface area contributed by atoms with Crippen LogP contribution in [-0.4, -0.2) is 28.9 Å². The first-order valence-electron chi connectivity index (χ1n) is 7.06. The van der Waals surface area contributed by atoms with Gasteiger partial charge < -0.3 is 5.32 Å². The summed E-state index contributed by atoms with van der Waals surface area (Å²) in [4.78, 5) is 12.2. The zero-order chi connectivity index (χ0) is 17.3. The predicted octanol–water partition coefficient (Wildman–Crippen LogP) is 0.615. The van der Waals surface area contributed by atoms with E-state index in [-0.39, 0.29) is 17.3 Å². The Balaban J connectivity index is 1.70. The van der Waals surface area contributed by atoms with Gasteiger partial charge in [0.1, 0.15) is 5.82 Å². The maximum Gasteiger partial charge on any atom is 0.251 e. The van der Waals surface area contributed by atoms with Gasteiger partial charge in [-0.15, -0.1) is 10.2 Å². The zero-order valence-electron chi connectivity index (χ0n) is 12.8. The Bertz CT molecular complexity index is 1010. The van der Waals surface area contributed by atoms with E-state index < -0.39 is 10.0 Å². The van der Waals surface area contributed by atoms with Gasteiger partial charge in [0.2, 0.25) is 10.0 Å². The quantitative estimate of drug-likeness (QED) is 0.718. The van der Waals surface area contributed by atoms with Gasteiger partial charge in [-0.1, -0.05) is 12.1 Å². The maximum atomic E-state index is 12.2. The van der Waals surface area contributed by atoms with Crippen molar-refractivity contribution < 1.29 is 13.2 Å². The van der Waals surface area contributed by atoms with Crippen molar-refractivity contribution >= 4 is 21.6 Å². The number of nitrogens with zero attached hydrogens (tertiary/aromatic N) is 3. The van der Waals surface area contributed by atoms with Crippen molar-refractivity contribution in [3.63, 3.8) is 0 Å². The number of nitrogens with two attached hydrogens (primary N) is 1. The number of carbonyl (C=O) groups excluding carboxylic acids is 1. The summed E-state index contributed by atoms with van der Waals surface area (Å²) in [6.45, 7) is 2.09. The molecule has 1 aromatic carbocycles. The lowest BCUT2D eigenvalue weighted by atomic mass is 10.2. The van der Waals surface area contributed by atoms with Gasteiger partial charge in [0.15, 0.2) is 5.65 Å². The van der Waals surface area contributed by atoms with E-state index in [0.717, 1.165) is 11.4 Å². The van der Waals surface area contributed by atoms with Crippen LogP contribution >= 0.6 is 0 Å². The summed E-state index contributed by atoms with van der Waals surface area (Å²) in [5.74, 6) is 0.487. The second-order valence-electron chi connectivity index (χ2n) is 5.26. The fourth-order valence-corrected chi connectivity index (χ4v) is 2.75. The summed E-state index contributed by atoms with van der Waals surface area (Å²) >= 11 is 0. The molecule has 3 rings (SSSR count). The molecule has 0 fully saturated rings. The van der Waals surface area contributed by atoms with Crippen LogP contribution in [0, 0.1) is 6.92 Å². The average Bonchev–Trinajstić information content (AvgIpc) is 2.93. The first-order valence-corrected chi connectivity index (χ1v) is 8.60. The summed E-state index contributed by atoms with van der Waals surface area (Å²) in [5.41, 5.74) is 1.82. The largest absolute Gasteiger partial charge is 0.348 e. The number of hydrogen-bond acceptors (Lipinski definition) is 5. The van der Waals surface area contributed by atoms with Gasteiger partial charge in [0, 0.05) is 18.3 Å². The van der Waals surface area contributed by atoms with Crippen LogP contribution in [0.2, 0.25) is 0 Å². The first kappa shape index (κ1) is 16.1.